The van der Waals surface area contributed by atoms with Gasteiger partial charge in [-0.25, -0.2) is 4.98 Å². The van der Waals surface area contributed by atoms with Crippen LogP contribution < -0.4 is 10.1 Å². The van der Waals surface area contributed by atoms with Gasteiger partial charge in [-0.2, -0.15) is 0 Å². The van der Waals surface area contributed by atoms with Crippen molar-refractivity contribution in [3.8, 4) is 5.75 Å². The van der Waals surface area contributed by atoms with Gasteiger partial charge in [-0.3, -0.25) is 9.59 Å². The van der Waals surface area contributed by atoms with Crippen molar-refractivity contribution >= 4 is 29.2 Å². The van der Waals surface area contributed by atoms with E-state index >= 15 is 0 Å². The molecule has 29 heavy (non-hydrogen) atoms. The van der Waals surface area contributed by atoms with Gasteiger partial charge in [0, 0.05) is 12.2 Å². The molecule has 2 aliphatic rings. The molecular weight excluding hydrogens is 390 g/mol. The molecule has 6 nitrogen and oxygen atoms in total. The van der Waals surface area contributed by atoms with Crippen molar-refractivity contribution < 1.29 is 14.3 Å². The lowest BCUT2D eigenvalue weighted by molar-refractivity contribution is -0.120. The third-order valence-corrected chi connectivity index (χ3v) is 6.16. The van der Waals surface area contributed by atoms with Gasteiger partial charge < -0.3 is 15.0 Å². The number of fused-ring (bicyclic) bond motifs is 1. The van der Waals surface area contributed by atoms with Crippen LogP contribution in [-0.2, 0) is 4.79 Å². The molecule has 3 unspecified atom stereocenters. The summed E-state index contributed by atoms with van der Waals surface area (Å²) in [6.45, 7) is 0. The van der Waals surface area contributed by atoms with Gasteiger partial charge in [-0.1, -0.05) is 36.6 Å². The summed E-state index contributed by atoms with van der Waals surface area (Å²) >= 11 is 5.88. The van der Waals surface area contributed by atoms with Crippen LogP contribution in [0.3, 0.4) is 0 Å². The molecule has 1 saturated heterocycles. The number of carbonyl (C=O) groups excluding carboxylic acids is 2. The SMILES string of the molecule is COc1ccccc1C(=O)N1C(C(=O)Nc2ccc(Cl)cn2)CC2CCCCC21. The lowest BCUT2D eigenvalue weighted by Gasteiger charge is -2.34. The van der Waals surface area contributed by atoms with Crippen LogP contribution in [0.4, 0.5) is 5.82 Å². The number of nitrogens with one attached hydrogen (secondary N) is 1. The summed E-state index contributed by atoms with van der Waals surface area (Å²) in [6.07, 6.45) is 6.35. The molecule has 152 valence electrons. The van der Waals surface area contributed by atoms with Crippen LogP contribution in [0, 0.1) is 5.92 Å². The number of amides is 2. The van der Waals surface area contributed by atoms with Gasteiger partial charge in [0.15, 0.2) is 0 Å². The van der Waals surface area contributed by atoms with Crippen molar-refractivity contribution in [1.82, 2.24) is 9.88 Å². The van der Waals surface area contributed by atoms with E-state index in [1.807, 2.05) is 12.1 Å². The van der Waals surface area contributed by atoms with Crippen molar-refractivity contribution in [3.63, 3.8) is 0 Å². The number of nitrogens with zero attached hydrogens (tertiary/aromatic N) is 2. The van der Waals surface area contributed by atoms with Gasteiger partial charge in [-0.15, -0.1) is 0 Å². The van der Waals surface area contributed by atoms with Crippen LogP contribution in [0.5, 0.6) is 5.75 Å². The number of hydrogen-bond donors (Lipinski definition) is 1. The Morgan fingerprint density at radius 1 is 1.17 bits per heavy atom. The molecule has 2 amide bonds. The minimum absolute atomic E-state index is 0.0788. The van der Waals surface area contributed by atoms with Crippen molar-refractivity contribution in [2.24, 2.45) is 5.92 Å². The van der Waals surface area contributed by atoms with Gasteiger partial charge in [0.05, 0.1) is 17.7 Å². The number of methoxy groups -OCH3 is 1. The maximum atomic E-state index is 13.5. The Kier molecular flexibility index (Phi) is 5.72. The highest BCUT2D eigenvalue weighted by molar-refractivity contribution is 6.30. The fourth-order valence-corrected chi connectivity index (χ4v) is 4.72. The van der Waals surface area contributed by atoms with E-state index in [0.717, 1.165) is 25.7 Å². The Bertz CT molecular complexity index is 902. The predicted molar refractivity (Wildman–Crippen MR) is 111 cm³/mol. The van der Waals surface area contributed by atoms with Gasteiger partial charge in [-0.05, 0) is 49.4 Å². The molecule has 1 aliphatic heterocycles. The molecular formula is C22H24ClN3O3. The first-order chi connectivity index (χ1) is 14.1. The molecule has 2 heterocycles. The fourth-order valence-electron chi connectivity index (χ4n) is 4.61. The number of halogens is 1. The predicted octanol–water partition coefficient (Wildman–Crippen LogP) is 4.16. The van der Waals surface area contributed by atoms with Crippen LogP contribution in [0.2, 0.25) is 5.02 Å². The van der Waals surface area contributed by atoms with Crippen LogP contribution in [0.1, 0.15) is 42.5 Å². The topological polar surface area (TPSA) is 71.5 Å². The molecule has 4 rings (SSSR count). The summed E-state index contributed by atoms with van der Waals surface area (Å²) in [5, 5.41) is 3.35. The molecule has 0 radical (unpaired) electrons. The van der Waals surface area contributed by atoms with Crippen LogP contribution in [0.25, 0.3) is 0 Å². The molecule has 7 heteroatoms. The average Bonchev–Trinajstić information content (AvgIpc) is 3.14. The van der Waals surface area contributed by atoms with Gasteiger partial charge in [0.2, 0.25) is 5.91 Å². The maximum Gasteiger partial charge on any atom is 0.258 e. The number of likely N-dealkylation sites (tertiary alicyclic amines) is 1. The third kappa shape index (κ3) is 3.94. The standard InChI is InChI=1S/C22H24ClN3O3/c1-29-19-9-5-3-7-16(19)22(28)26-17-8-4-2-6-14(17)12-18(26)21(27)25-20-11-10-15(23)13-24-20/h3,5,7,9-11,13-14,17-18H,2,4,6,8,12H2,1H3,(H,24,25,27). The minimum atomic E-state index is -0.530. The van der Waals surface area contributed by atoms with Crippen LogP contribution in [0.15, 0.2) is 42.6 Å². The van der Waals surface area contributed by atoms with E-state index in [4.69, 9.17) is 16.3 Å². The Labute approximate surface area is 175 Å². The Morgan fingerprint density at radius 2 is 1.97 bits per heavy atom. The first-order valence-electron chi connectivity index (χ1n) is 9.96. The first kappa shape index (κ1) is 19.7. The molecule has 0 spiro atoms. The fraction of sp³-hybridized carbons (Fsp3) is 0.409. The minimum Gasteiger partial charge on any atom is -0.496 e. The Hall–Kier alpha value is -2.60. The lowest BCUT2D eigenvalue weighted by Crippen LogP contribution is -2.48. The summed E-state index contributed by atoms with van der Waals surface area (Å²) in [5.41, 5.74) is 0.489. The van der Waals surface area contributed by atoms with E-state index in [2.05, 4.69) is 10.3 Å². The summed E-state index contributed by atoms with van der Waals surface area (Å²) in [6, 6.07) is 10.1. The van der Waals surface area contributed by atoms with Crippen molar-refractivity contribution in [3.05, 3.63) is 53.2 Å². The second kappa shape index (κ2) is 8.41. The number of anilines is 1. The van der Waals surface area contributed by atoms with E-state index in [1.165, 1.54) is 6.20 Å². The summed E-state index contributed by atoms with van der Waals surface area (Å²) in [7, 11) is 1.55. The number of aromatic nitrogens is 1. The number of ether oxygens (including phenoxy) is 1. The third-order valence-electron chi connectivity index (χ3n) is 5.94. The second-order valence-electron chi connectivity index (χ2n) is 7.63. The second-order valence-corrected chi connectivity index (χ2v) is 8.06. The Balaban J connectivity index is 1.63. The van der Waals surface area contributed by atoms with Crippen LogP contribution in [-0.4, -0.2) is 40.9 Å². The lowest BCUT2D eigenvalue weighted by atomic mass is 9.84. The molecule has 1 aromatic heterocycles. The number of rotatable bonds is 4. The summed E-state index contributed by atoms with van der Waals surface area (Å²) in [5.74, 6) is 0.934. The largest absolute Gasteiger partial charge is 0.496 e. The molecule has 0 bridgehead atoms. The van der Waals surface area contributed by atoms with Gasteiger partial charge in [0.1, 0.15) is 17.6 Å². The number of para-hydroxylation sites is 1. The van der Waals surface area contributed by atoms with Crippen molar-refractivity contribution in [2.45, 2.75) is 44.2 Å². The number of pyridine rings is 1. The van der Waals surface area contributed by atoms with E-state index < -0.39 is 6.04 Å². The zero-order valence-electron chi connectivity index (χ0n) is 16.3. The first-order valence-corrected chi connectivity index (χ1v) is 10.3. The quantitative estimate of drug-likeness (QED) is 0.817. The van der Waals surface area contributed by atoms with E-state index in [9.17, 15) is 9.59 Å². The van der Waals surface area contributed by atoms with E-state index in [1.54, 1.807) is 36.3 Å². The molecule has 1 aliphatic carbocycles. The summed E-state index contributed by atoms with van der Waals surface area (Å²) < 4.78 is 5.39. The molecule has 1 saturated carbocycles. The van der Waals surface area contributed by atoms with Gasteiger partial charge in [0.25, 0.3) is 5.91 Å². The zero-order valence-corrected chi connectivity index (χ0v) is 17.1. The van der Waals surface area contributed by atoms with E-state index in [-0.39, 0.29) is 17.9 Å². The number of hydrogen-bond acceptors (Lipinski definition) is 4. The maximum absolute atomic E-state index is 13.5. The number of benzene rings is 1. The highest BCUT2D eigenvalue weighted by atomic mass is 35.5. The highest BCUT2D eigenvalue weighted by Gasteiger charge is 2.48. The van der Waals surface area contributed by atoms with Crippen LogP contribution >= 0.6 is 11.6 Å². The molecule has 2 fully saturated rings. The normalized spacial score (nSPS) is 23.4. The monoisotopic (exact) mass is 413 g/mol. The zero-order chi connectivity index (χ0) is 20.4. The molecule has 1 N–H and O–H groups in total. The smallest absolute Gasteiger partial charge is 0.258 e. The highest BCUT2D eigenvalue weighted by Crippen LogP contribution is 2.41. The molecule has 2 aromatic rings. The van der Waals surface area contributed by atoms with Gasteiger partial charge >= 0.3 is 0 Å². The average molecular weight is 414 g/mol. The van der Waals surface area contributed by atoms with Crippen molar-refractivity contribution in [2.75, 3.05) is 12.4 Å². The molecule has 1 aromatic carbocycles. The van der Waals surface area contributed by atoms with Crippen molar-refractivity contribution in [1.29, 1.82) is 0 Å². The van der Waals surface area contributed by atoms with E-state index in [0.29, 0.717) is 34.5 Å². The Morgan fingerprint density at radius 3 is 2.72 bits per heavy atom. The summed E-state index contributed by atoms with van der Waals surface area (Å²) in [4.78, 5) is 32.6. The number of carbonyl (C=O) groups is 2. The molecule has 3 atom stereocenters.